The van der Waals surface area contributed by atoms with Gasteiger partial charge in [0.05, 0.1) is 10.7 Å². The first kappa shape index (κ1) is 14.7. The highest BCUT2D eigenvalue weighted by molar-refractivity contribution is 6.30. The molecule has 3 nitrogen and oxygen atoms in total. The predicted molar refractivity (Wildman–Crippen MR) is 83.6 cm³/mol. The molecule has 0 bridgehead atoms. The minimum Gasteiger partial charge on any atom is -0.437 e. The number of benzene rings is 1. The summed E-state index contributed by atoms with van der Waals surface area (Å²) >= 11 is 5.82. The summed E-state index contributed by atoms with van der Waals surface area (Å²) in [4.78, 5) is 4.11. The maximum atomic E-state index is 5.85. The first-order valence-electron chi connectivity index (χ1n) is 6.47. The molecule has 2 N–H and O–H groups in total. The Bertz CT molecular complexity index is 633. The Kier molecular flexibility index (Phi) is 3.91. The molecular formula is C16H19ClN2O. The molecule has 0 saturated heterocycles. The van der Waals surface area contributed by atoms with Crippen LogP contribution in [0.15, 0.2) is 30.5 Å². The average Bonchev–Trinajstić information content (AvgIpc) is 2.33. The van der Waals surface area contributed by atoms with E-state index < -0.39 is 0 Å². The topological polar surface area (TPSA) is 48.1 Å². The van der Waals surface area contributed by atoms with Gasteiger partial charge in [0.1, 0.15) is 5.75 Å². The Morgan fingerprint density at radius 1 is 1.20 bits per heavy atom. The van der Waals surface area contributed by atoms with Crippen LogP contribution in [0.5, 0.6) is 11.6 Å². The number of hydrogen-bond acceptors (Lipinski definition) is 3. The number of nitrogens with two attached hydrogens (primary N) is 1. The number of halogens is 1. The molecule has 0 amide bonds. The molecule has 106 valence electrons. The van der Waals surface area contributed by atoms with Crippen molar-refractivity contribution in [1.29, 1.82) is 0 Å². The minimum absolute atomic E-state index is 0.112. The lowest BCUT2D eigenvalue weighted by atomic mass is 9.86. The quantitative estimate of drug-likeness (QED) is 0.871. The van der Waals surface area contributed by atoms with Crippen molar-refractivity contribution in [3.63, 3.8) is 0 Å². The molecule has 0 fully saturated rings. The highest BCUT2D eigenvalue weighted by Crippen LogP contribution is 2.32. The van der Waals surface area contributed by atoms with E-state index in [1.165, 1.54) is 11.8 Å². The van der Waals surface area contributed by atoms with Gasteiger partial charge in [-0.05, 0) is 35.6 Å². The Balaban J connectivity index is 2.30. The van der Waals surface area contributed by atoms with Gasteiger partial charge in [0.2, 0.25) is 5.88 Å². The van der Waals surface area contributed by atoms with Crippen LogP contribution in [-0.4, -0.2) is 4.98 Å². The van der Waals surface area contributed by atoms with Crippen molar-refractivity contribution < 1.29 is 4.74 Å². The lowest BCUT2D eigenvalue weighted by molar-refractivity contribution is 0.461. The predicted octanol–water partition coefficient (Wildman–Crippen LogP) is 4.72. The summed E-state index contributed by atoms with van der Waals surface area (Å²) in [5, 5.41) is 0.495. The van der Waals surface area contributed by atoms with Gasteiger partial charge in [-0.1, -0.05) is 44.5 Å². The van der Waals surface area contributed by atoms with Crippen LogP contribution < -0.4 is 10.5 Å². The second kappa shape index (κ2) is 5.33. The van der Waals surface area contributed by atoms with Crippen molar-refractivity contribution in [3.8, 4) is 11.6 Å². The molecule has 1 aromatic carbocycles. The Morgan fingerprint density at radius 2 is 1.90 bits per heavy atom. The molecule has 0 spiro atoms. The van der Waals surface area contributed by atoms with Crippen LogP contribution in [0.1, 0.15) is 31.9 Å². The zero-order chi connectivity index (χ0) is 14.9. The fourth-order valence-electron chi connectivity index (χ4n) is 1.86. The molecule has 0 aliphatic rings. The molecule has 0 aliphatic heterocycles. The summed E-state index contributed by atoms with van der Waals surface area (Å²) in [7, 11) is 0. The largest absolute Gasteiger partial charge is 0.437 e. The van der Waals surface area contributed by atoms with E-state index in [9.17, 15) is 0 Å². The number of aryl methyl sites for hydroxylation is 1. The van der Waals surface area contributed by atoms with E-state index >= 15 is 0 Å². The zero-order valence-corrected chi connectivity index (χ0v) is 13.0. The molecule has 4 heteroatoms. The molecular weight excluding hydrogens is 272 g/mol. The zero-order valence-electron chi connectivity index (χ0n) is 12.2. The Morgan fingerprint density at radius 3 is 2.45 bits per heavy atom. The highest BCUT2D eigenvalue weighted by Gasteiger charge is 2.15. The first-order chi connectivity index (χ1) is 9.27. The fourth-order valence-corrected chi connectivity index (χ4v) is 2.03. The molecule has 2 aromatic rings. The van der Waals surface area contributed by atoms with Crippen LogP contribution in [0.4, 0.5) is 5.69 Å². The van der Waals surface area contributed by atoms with Crippen LogP contribution in [0, 0.1) is 6.92 Å². The van der Waals surface area contributed by atoms with Gasteiger partial charge in [-0.2, -0.15) is 0 Å². The molecule has 20 heavy (non-hydrogen) atoms. The number of anilines is 1. The van der Waals surface area contributed by atoms with Crippen LogP contribution >= 0.6 is 11.6 Å². The van der Waals surface area contributed by atoms with Gasteiger partial charge in [0, 0.05) is 6.20 Å². The number of nitrogen functional groups attached to an aromatic ring is 1. The number of pyridine rings is 1. The monoisotopic (exact) mass is 290 g/mol. The molecule has 0 radical (unpaired) electrons. The van der Waals surface area contributed by atoms with Gasteiger partial charge in [0.25, 0.3) is 0 Å². The number of rotatable bonds is 2. The van der Waals surface area contributed by atoms with Gasteiger partial charge in [-0.3, -0.25) is 0 Å². The first-order valence-corrected chi connectivity index (χ1v) is 6.85. The Hall–Kier alpha value is -1.74. The third kappa shape index (κ3) is 3.23. The second-order valence-electron chi connectivity index (χ2n) is 5.88. The fraction of sp³-hybridized carbons (Fsp3) is 0.312. The van der Waals surface area contributed by atoms with Gasteiger partial charge in [0.15, 0.2) is 0 Å². The van der Waals surface area contributed by atoms with Crippen LogP contribution in [0.3, 0.4) is 0 Å². The van der Waals surface area contributed by atoms with Gasteiger partial charge in [-0.15, -0.1) is 0 Å². The van der Waals surface area contributed by atoms with E-state index in [0.717, 1.165) is 11.3 Å². The average molecular weight is 291 g/mol. The van der Waals surface area contributed by atoms with Crippen molar-refractivity contribution in [2.45, 2.75) is 33.1 Å². The lowest BCUT2D eigenvalue weighted by Crippen LogP contribution is -2.11. The van der Waals surface area contributed by atoms with E-state index in [0.29, 0.717) is 16.6 Å². The molecule has 1 heterocycles. The molecule has 0 saturated carbocycles. The van der Waals surface area contributed by atoms with E-state index in [2.05, 4.69) is 37.9 Å². The maximum absolute atomic E-state index is 5.85. The SMILES string of the molecule is Cc1cc(C(C)(C)C)ccc1Oc1ncc(Cl)cc1N. The smallest absolute Gasteiger partial charge is 0.242 e. The third-order valence-electron chi connectivity index (χ3n) is 3.09. The summed E-state index contributed by atoms with van der Waals surface area (Å²) in [5.74, 6) is 1.13. The summed E-state index contributed by atoms with van der Waals surface area (Å²) in [6, 6.07) is 7.77. The number of hydrogen-bond donors (Lipinski definition) is 1. The van der Waals surface area contributed by atoms with Crippen LogP contribution in [0.2, 0.25) is 5.02 Å². The number of ether oxygens (including phenoxy) is 1. The van der Waals surface area contributed by atoms with E-state index in [1.54, 1.807) is 6.07 Å². The maximum Gasteiger partial charge on any atom is 0.242 e. The van der Waals surface area contributed by atoms with E-state index in [-0.39, 0.29) is 5.41 Å². The van der Waals surface area contributed by atoms with Crippen LogP contribution in [-0.2, 0) is 5.41 Å². The van der Waals surface area contributed by atoms with E-state index in [1.807, 2.05) is 13.0 Å². The second-order valence-corrected chi connectivity index (χ2v) is 6.32. The summed E-state index contributed by atoms with van der Waals surface area (Å²) in [6.45, 7) is 8.56. The van der Waals surface area contributed by atoms with Crippen molar-refractivity contribution >= 4 is 17.3 Å². The number of nitrogens with zero attached hydrogens (tertiary/aromatic N) is 1. The molecule has 2 rings (SSSR count). The Labute approximate surface area is 124 Å². The van der Waals surface area contributed by atoms with Crippen LogP contribution in [0.25, 0.3) is 0 Å². The lowest BCUT2D eigenvalue weighted by Gasteiger charge is -2.20. The van der Waals surface area contributed by atoms with E-state index in [4.69, 9.17) is 22.1 Å². The van der Waals surface area contributed by atoms with Gasteiger partial charge < -0.3 is 10.5 Å². The molecule has 1 aromatic heterocycles. The number of aromatic nitrogens is 1. The molecule has 0 atom stereocenters. The van der Waals surface area contributed by atoms with Crippen molar-refractivity contribution in [2.24, 2.45) is 0 Å². The molecule has 0 unspecified atom stereocenters. The molecule has 0 aliphatic carbocycles. The summed E-state index contributed by atoms with van der Waals surface area (Å²) in [5.41, 5.74) is 8.70. The third-order valence-corrected chi connectivity index (χ3v) is 3.30. The van der Waals surface area contributed by atoms with Crippen molar-refractivity contribution in [2.75, 3.05) is 5.73 Å². The standard InChI is InChI=1S/C16H19ClN2O/c1-10-7-11(16(2,3)4)5-6-14(10)20-15-13(18)8-12(17)9-19-15/h5-9H,18H2,1-4H3. The van der Waals surface area contributed by atoms with Gasteiger partial charge >= 0.3 is 0 Å². The normalized spacial score (nSPS) is 11.4. The highest BCUT2D eigenvalue weighted by atomic mass is 35.5. The van der Waals surface area contributed by atoms with Crippen molar-refractivity contribution in [1.82, 2.24) is 4.98 Å². The van der Waals surface area contributed by atoms with Gasteiger partial charge in [-0.25, -0.2) is 4.98 Å². The summed E-state index contributed by atoms with van der Waals surface area (Å²) in [6.07, 6.45) is 1.52. The summed E-state index contributed by atoms with van der Waals surface area (Å²) < 4.78 is 5.77. The van der Waals surface area contributed by atoms with Crippen molar-refractivity contribution in [3.05, 3.63) is 46.6 Å². The minimum atomic E-state index is 0.112.